The van der Waals surface area contributed by atoms with Gasteiger partial charge in [0.1, 0.15) is 5.82 Å². The third kappa shape index (κ3) is 4.29. The normalized spacial score (nSPS) is 19.1. The number of carbonyl (C=O) groups is 2. The topological polar surface area (TPSA) is 110 Å². The van der Waals surface area contributed by atoms with Crippen molar-refractivity contribution in [3.63, 3.8) is 0 Å². The van der Waals surface area contributed by atoms with Crippen LogP contribution in [0.1, 0.15) is 43.5 Å². The summed E-state index contributed by atoms with van der Waals surface area (Å²) in [6, 6.07) is 5.11. The molecule has 0 radical (unpaired) electrons. The van der Waals surface area contributed by atoms with Gasteiger partial charge >= 0.3 is 0 Å². The molecule has 27 heavy (non-hydrogen) atoms. The maximum absolute atomic E-state index is 12.6. The Balaban J connectivity index is 1.69. The Bertz CT molecular complexity index is 988. The lowest BCUT2D eigenvalue weighted by Crippen LogP contribution is -2.42. The average molecular weight is 392 g/mol. The molecular weight excluding hydrogens is 368 g/mol. The molecule has 0 aromatic carbocycles. The van der Waals surface area contributed by atoms with Crippen molar-refractivity contribution in [2.45, 2.75) is 38.6 Å². The summed E-state index contributed by atoms with van der Waals surface area (Å²) in [5.74, 6) is -0.0642. The second-order valence-electron chi connectivity index (χ2n) is 7.84. The monoisotopic (exact) mass is 392 g/mol. The third-order valence-electron chi connectivity index (χ3n) is 4.44. The SMILES string of the molecule is CC(C)(C)c1nc(C(=O)NCC(=O)NC2CCS(=O)(=O)C2)c2ccccn12. The first kappa shape index (κ1) is 19.3. The molecule has 9 heteroatoms. The van der Waals surface area contributed by atoms with E-state index >= 15 is 0 Å². The number of nitrogens with zero attached hydrogens (tertiary/aromatic N) is 2. The first-order chi connectivity index (χ1) is 12.6. The second kappa shape index (κ2) is 6.95. The summed E-state index contributed by atoms with van der Waals surface area (Å²) in [4.78, 5) is 29.1. The number of nitrogens with one attached hydrogen (secondary N) is 2. The molecule has 1 aliphatic heterocycles. The second-order valence-corrected chi connectivity index (χ2v) is 10.1. The maximum Gasteiger partial charge on any atom is 0.272 e. The van der Waals surface area contributed by atoms with Crippen molar-refractivity contribution in [2.75, 3.05) is 18.1 Å². The summed E-state index contributed by atoms with van der Waals surface area (Å²) < 4.78 is 24.8. The number of hydrogen-bond donors (Lipinski definition) is 2. The quantitative estimate of drug-likeness (QED) is 0.795. The third-order valence-corrected chi connectivity index (χ3v) is 6.21. The van der Waals surface area contributed by atoms with Crippen LogP contribution in [-0.2, 0) is 20.0 Å². The van der Waals surface area contributed by atoms with Gasteiger partial charge in [0.25, 0.3) is 5.91 Å². The van der Waals surface area contributed by atoms with Gasteiger partial charge in [-0.15, -0.1) is 0 Å². The van der Waals surface area contributed by atoms with E-state index in [9.17, 15) is 18.0 Å². The highest BCUT2D eigenvalue weighted by Crippen LogP contribution is 2.24. The summed E-state index contributed by atoms with van der Waals surface area (Å²) in [5, 5.41) is 5.22. The lowest BCUT2D eigenvalue weighted by atomic mass is 9.96. The summed E-state index contributed by atoms with van der Waals surface area (Å²) in [6.45, 7) is 5.81. The molecule has 0 spiro atoms. The Morgan fingerprint density at radius 1 is 1.30 bits per heavy atom. The summed E-state index contributed by atoms with van der Waals surface area (Å²) >= 11 is 0. The van der Waals surface area contributed by atoms with Crippen molar-refractivity contribution in [3.05, 3.63) is 35.9 Å². The number of pyridine rings is 1. The molecule has 2 aromatic rings. The van der Waals surface area contributed by atoms with Crippen LogP contribution in [-0.4, -0.2) is 53.7 Å². The van der Waals surface area contributed by atoms with E-state index in [0.717, 1.165) is 5.82 Å². The predicted molar refractivity (Wildman–Crippen MR) is 101 cm³/mol. The molecule has 8 nitrogen and oxygen atoms in total. The molecule has 1 atom stereocenters. The van der Waals surface area contributed by atoms with Gasteiger partial charge in [-0.3, -0.25) is 9.59 Å². The zero-order valence-corrected chi connectivity index (χ0v) is 16.5. The van der Waals surface area contributed by atoms with Crippen molar-refractivity contribution in [3.8, 4) is 0 Å². The van der Waals surface area contributed by atoms with E-state index in [-0.39, 0.29) is 35.2 Å². The molecule has 2 amide bonds. The number of sulfone groups is 1. The van der Waals surface area contributed by atoms with Crippen LogP contribution >= 0.6 is 0 Å². The molecule has 3 heterocycles. The summed E-state index contributed by atoms with van der Waals surface area (Å²) in [7, 11) is -3.07. The summed E-state index contributed by atoms with van der Waals surface area (Å²) in [5.41, 5.74) is 0.674. The van der Waals surface area contributed by atoms with E-state index in [1.54, 1.807) is 6.07 Å². The fourth-order valence-electron chi connectivity index (χ4n) is 3.17. The van der Waals surface area contributed by atoms with Gasteiger partial charge in [-0.25, -0.2) is 13.4 Å². The Labute approximate surface area is 158 Å². The first-order valence-corrected chi connectivity index (χ1v) is 10.6. The van der Waals surface area contributed by atoms with Crippen LogP contribution in [0.3, 0.4) is 0 Å². The number of fused-ring (bicyclic) bond motifs is 1. The van der Waals surface area contributed by atoms with Crippen LogP contribution in [0.25, 0.3) is 5.52 Å². The van der Waals surface area contributed by atoms with E-state index < -0.39 is 21.7 Å². The van der Waals surface area contributed by atoms with Gasteiger partial charge in [-0.1, -0.05) is 26.8 Å². The molecule has 1 aliphatic rings. The first-order valence-electron chi connectivity index (χ1n) is 8.82. The van der Waals surface area contributed by atoms with Gasteiger partial charge in [-0.05, 0) is 18.6 Å². The van der Waals surface area contributed by atoms with E-state index in [1.807, 2.05) is 43.5 Å². The fraction of sp³-hybridized carbons (Fsp3) is 0.500. The highest BCUT2D eigenvalue weighted by molar-refractivity contribution is 7.91. The average Bonchev–Trinajstić information content (AvgIpc) is 3.12. The number of rotatable bonds is 4. The fourth-order valence-corrected chi connectivity index (χ4v) is 4.84. The van der Waals surface area contributed by atoms with Gasteiger partial charge in [0.05, 0.1) is 23.6 Å². The smallest absolute Gasteiger partial charge is 0.272 e. The minimum absolute atomic E-state index is 0.0483. The molecule has 0 saturated carbocycles. The number of aromatic nitrogens is 2. The number of carbonyl (C=O) groups excluding carboxylic acids is 2. The van der Waals surface area contributed by atoms with Gasteiger partial charge in [0.15, 0.2) is 15.5 Å². The molecule has 0 aliphatic carbocycles. The lowest BCUT2D eigenvalue weighted by Gasteiger charge is -2.16. The molecule has 0 bridgehead atoms. The minimum Gasteiger partial charge on any atom is -0.351 e. The van der Waals surface area contributed by atoms with Gasteiger partial charge in [-0.2, -0.15) is 0 Å². The van der Waals surface area contributed by atoms with E-state index in [0.29, 0.717) is 11.9 Å². The number of amides is 2. The van der Waals surface area contributed by atoms with Crippen LogP contribution in [0.4, 0.5) is 0 Å². The molecule has 1 fully saturated rings. The molecule has 1 unspecified atom stereocenters. The van der Waals surface area contributed by atoms with E-state index in [2.05, 4.69) is 15.6 Å². The number of imidazole rings is 1. The van der Waals surface area contributed by atoms with Crippen molar-refractivity contribution >= 4 is 27.2 Å². The van der Waals surface area contributed by atoms with Crippen LogP contribution in [0.2, 0.25) is 0 Å². The maximum atomic E-state index is 12.6. The minimum atomic E-state index is -3.07. The summed E-state index contributed by atoms with van der Waals surface area (Å²) in [6.07, 6.45) is 2.26. The Kier molecular flexibility index (Phi) is 4.98. The molecular formula is C18H24N4O4S. The predicted octanol–water partition coefficient (Wildman–Crippen LogP) is 0.665. The van der Waals surface area contributed by atoms with Gasteiger partial charge < -0.3 is 15.0 Å². The van der Waals surface area contributed by atoms with Gasteiger partial charge in [0.2, 0.25) is 5.91 Å². The standard InChI is InChI=1S/C18H24N4O4S/c1-18(2,3)17-21-15(13-6-4-5-8-22(13)17)16(24)19-10-14(23)20-12-7-9-27(25,26)11-12/h4-6,8,12H,7,9-11H2,1-3H3,(H,19,24)(H,20,23). The highest BCUT2D eigenvalue weighted by atomic mass is 32.2. The Morgan fingerprint density at radius 3 is 2.67 bits per heavy atom. The van der Waals surface area contributed by atoms with Crippen molar-refractivity contribution in [1.82, 2.24) is 20.0 Å². The van der Waals surface area contributed by atoms with E-state index in [1.165, 1.54) is 0 Å². The molecule has 3 rings (SSSR count). The number of hydrogen-bond acceptors (Lipinski definition) is 5. The highest BCUT2D eigenvalue weighted by Gasteiger charge is 2.29. The van der Waals surface area contributed by atoms with Crippen molar-refractivity contribution < 1.29 is 18.0 Å². The van der Waals surface area contributed by atoms with Crippen molar-refractivity contribution in [2.24, 2.45) is 0 Å². The Hall–Kier alpha value is -2.42. The van der Waals surface area contributed by atoms with Crippen LogP contribution in [0, 0.1) is 0 Å². The van der Waals surface area contributed by atoms with Crippen LogP contribution < -0.4 is 10.6 Å². The van der Waals surface area contributed by atoms with E-state index in [4.69, 9.17) is 0 Å². The largest absolute Gasteiger partial charge is 0.351 e. The van der Waals surface area contributed by atoms with Crippen molar-refractivity contribution in [1.29, 1.82) is 0 Å². The van der Waals surface area contributed by atoms with Crippen LogP contribution in [0.5, 0.6) is 0 Å². The molecule has 2 aromatic heterocycles. The van der Waals surface area contributed by atoms with Crippen LogP contribution in [0.15, 0.2) is 24.4 Å². The Morgan fingerprint density at radius 2 is 2.04 bits per heavy atom. The lowest BCUT2D eigenvalue weighted by molar-refractivity contribution is -0.120. The molecule has 2 N–H and O–H groups in total. The molecule has 146 valence electrons. The molecule has 1 saturated heterocycles. The zero-order valence-electron chi connectivity index (χ0n) is 15.7. The zero-order chi connectivity index (χ0) is 19.8. The van der Waals surface area contributed by atoms with Gasteiger partial charge in [0, 0.05) is 17.7 Å².